The van der Waals surface area contributed by atoms with Gasteiger partial charge in [0, 0.05) is 34.8 Å². The summed E-state index contributed by atoms with van der Waals surface area (Å²) in [5, 5.41) is 24.3. The van der Waals surface area contributed by atoms with Crippen LogP contribution < -0.4 is 15.6 Å². The average molecular weight is 988 g/mol. The van der Waals surface area contributed by atoms with Crippen LogP contribution in [0, 0.1) is 14.3 Å². The van der Waals surface area contributed by atoms with Crippen LogP contribution in [0.5, 0.6) is 5.75 Å². The highest BCUT2D eigenvalue weighted by Crippen LogP contribution is 2.52. The van der Waals surface area contributed by atoms with Crippen LogP contribution in [0.25, 0.3) is 33.4 Å². The van der Waals surface area contributed by atoms with Crippen molar-refractivity contribution in [3.05, 3.63) is 62.3 Å². The molecule has 0 bridgehead atoms. The maximum Gasteiger partial charge on any atom is 0.209 e. The van der Waals surface area contributed by atoms with Crippen LogP contribution in [0.3, 0.4) is 0 Å². The van der Waals surface area contributed by atoms with Gasteiger partial charge in [-0.1, -0.05) is 59.6 Å². The molecule has 0 atom stereocenters. The molecule has 0 spiro atoms. The Morgan fingerprint density at radius 2 is 1.44 bits per heavy atom. The lowest BCUT2D eigenvalue weighted by Gasteiger charge is -2.24. The number of halogens is 8. The van der Waals surface area contributed by atoms with E-state index >= 15 is 0 Å². The molecule has 0 unspecified atom stereocenters. The first-order valence-corrected chi connectivity index (χ1v) is 14.2. The molecule has 2 aromatic carbocycles. The molecule has 34 heavy (non-hydrogen) atoms. The summed E-state index contributed by atoms with van der Waals surface area (Å²) in [6, 6.07) is 3.10. The summed E-state index contributed by atoms with van der Waals surface area (Å²) in [5.41, 5.74) is -0.0131. The van der Waals surface area contributed by atoms with Crippen molar-refractivity contribution in [3.63, 3.8) is 0 Å². The maximum absolute atomic E-state index is 12.6. The minimum atomic E-state index is -1.63. The van der Waals surface area contributed by atoms with Gasteiger partial charge in [0.25, 0.3) is 0 Å². The van der Waals surface area contributed by atoms with Gasteiger partial charge >= 0.3 is 0 Å². The SMILES string of the molecule is C.O=C([O-])c1c(Cl)c(Cl)c(Cl)c(Cl)c1-c1c2cc(I)c(=O)c(I)c-2oc2c(I)c([O-])c(I)cc12. The zero-order valence-corrected chi connectivity index (χ0v) is 26.9. The van der Waals surface area contributed by atoms with Gasteiger partial charge in [0.15, 0.2) is 5.76 Å². The Bertz CT molecular complexity index is 1570. The molecule has 2 aliphatic rings. The van der Waals surface area contributed by atoms with Gasteiger partial charge in [-0.3, -0.25) is 4.79 Å². The molecule has 0 fully saturated rings. The Morgan fingerprint density at radius 1 is 0.853 bits per heavy atom. The topological polar surface area (TPSA) is 93.4 Å². The Morgan fingerprint density at radius 3 is 2.03 bits per heavy atom. The number of hydrogen-bond donors (Lipinski definition) is 0. The maximum atomic E-state index is 12.6. The third-order valence-corrected chi connectivity index (χ3v) is 10.1. The number of rotatable bonds is 2. The minimum absolute atomic E-state index is 0. The van der Waals surface area contributed by atoms with Gasteiger partial charge in [0.05, 0.1) is 29.6 Å². The molecular weight excluding hydrogens is 982 g/mol. The number of carbonyl (C=O) groups excluding carboxylic acids is 1. The van der Waals surface area contributed by atoms with Crippen molar-refractivity contribution in [1.82, 2.24) is 0 Å². The first-order chi connectivity index (χ1) is 15.4. The fraction of sp³-hybridized carbons (Fsp3) is 0.0476. The van der Waals surface area contributed by atoms with E-state index in [9.17, 15) is 19.8 Å². The predicted octanol–water partition coefficient (Wildman–Crippen LogP) is 7.67. The van der Waals surface area contributed by atoms with Gasteiger partial charge in [-0.05, 0) is 102 Å². The van der Waals surface area contributed by atoms with Gasteiger partial charge in [-0.25, -0.2) is 0 Å². The van der Waals surface area contributed by atoms with Crippen LogP contribution >= 0.6 is 137 Å². The second-order valence-electron chi connectivity index (χ2n) is 6.53. The second kappa shape index (κ2) is 10.7. The highest BCUT2D eigenvalue weighted by molar-refractivity contribution is 14.1. The first kappa shape index (κ1) is 29.0. The summed E-state index contributed by atoms with van der Waals surface area (Å²) >= 11 is 32.7. The Kier molecular flexibility index (Phi) is 9.13. The number of hydrogen-bond acceptors (Lipinski definition) is 5. The molecule has 13 heteroatoms. The lowest BCUT2D eigenvalue weighted by Crippen LogP contribution is -2.24. The number of fused-ring (bicyclic) bond motifs is 2. The van der Waals surface area contributed by atoms with E-state index in [1.165, 1.54) is 0 Å². The van der Waals surface area contributed by atoms with E-state index in [1.54, 1.807) is 12.1 Å². The van der Waals surface area contributed by atoms with E-state index in [-0.39, 0.29) is 68.3 Å². The first-order valence-electron chi connectivity index (χ1n) is 8.39. The zero-order chi connectivity index (χ0) is 24.5. The smallest absolute Gasteiger partial charge is 0.209 e. The molecule has 178 valence electrons. The molecule has 0 saturated carbocycles. The van der Waals surface area contributed by atoms with Crippen molar-refractivity contribution in [2.75, 3.05) is 0 Å². The van der Waals surface area contributed by atoms with Gasteiger partial charge in [0.2, 0.25) is 5.43 Å². The third kappa shape index (κ3) is 4.51. The summed E-state index contributed by atoms with van der Waals surface area (Å²) < 4.78 is 7.27. The van der Waals surface area contributed by atoms with Gasteiger partial charge < -0.3 is 19.4 Å². The van der Waals surface area contributed by atoms with Crippen molar-refractivity contribution in [1.29, 1.82) is 0 Å². The van der Waals surface area contributed by atoms with Crippen LogP contribution in [-0.2, 0) is 0 Å². The minimum Gasteiger partial charge on any atom is -0.871 e. The zero-order valence-electron chi connectivity index (χ0n) is 15.2. The van der Waals surface area contributed by atoms with Crippen LogP contribution in [0.2, 0.25) is 20.1 Å². The van der Waals surface area contributed by atoms with E-state index < -0.39 is 11.5 Å². The molecule has 0 radical (unpaired) electrons. The summed E-state index contributed by atoms with van der Waals surface area (Å²) in [6.45, 7) is 0. The van der Waals surface area contributed by atoms with E-state index in [0.717, 1.165) is 0 Å². The Labute approximate surface area is 267 Å². The fourth-order valence-electron chi connectivity index (χ4n) is 3.31. The number of carboxylic acids is 1. The summed E-state index contributed by atoms with van der Waals surface area (Å²) in [6.07, 6.45) is 0. The van der Waals surface area contributed by atoms with Crippen LogP contribution in [-0.4, -0.2) is 5.97 Å². The van der Waals surface area contributed by atoms with Crippen LogP contribution in [0.15, 0.2) is 21.3 Å². The molecule has 2 aromatic rings. The van der Waals surface area contributed by atoms with E-state index in [0.29, 0.717) is 18.1 Å². The molecular formula is C21H6Cl4I4O5-2. The van der Waals surface area contributed by atoms with E-state index in [1.807, 2.05) is 90.4 Å². The number of carboxylic acid groups (broad SMARTS) is 1. The largest absolute Gasteiger partial charge is 0.871 e. The molecule has 1 aliphatic carbocycles. The van der Waals surface area contributed by atoms with Gasteiger partial charge in [0.1, 0.15) is 9.15 Å². The predicted molar refractivity (Wildman–Crippen MR) is 166 cm³/mol. The quantitative estimate of drug-likeness (QED) is 0.0891. The number of carbonyl (C=O) groups is 1. The van der Waals surface area contributed by atoms with Gasteiger partial charge in [-0.15, -0.1) is 0 Å². The van der Waals surface area contributed by atoms with Crippen LogP contribution in [0.1, 0.15) is 17.8 Å². The molecule has 4 rings (SSSR count). The van der Waals surface area contributed by atoms with Crippen molar-refractivity contribution < 1.29 is 19.4 Å². The normalized spacial score (nSPS) is 11.2. The molecule has 1 aliphatic heterocycles. The highest BCUT2D eigenvalue weighted by atomic mass is 127. The molecule has 0 amide bonds. The molecule has 0 N–H and O–H groups in total. The molecule has 1 heterocycles. The summed E-state index contributed by atoms with van der Waals surface area (Å²) in [4.78, 5) is 24.8. The lowest BCUT2D eigenvalue weighted by molar-refractivity contribution is -0.270. The van der Waals surface area contributed by atoms with E-state index in [4.69, 9.17) is 50.8 Å². The monoisotopic (exact) mass is 986 g/mol. The lowest BCUT2D eigenvalue weighted by atomic mass is 9.90. The molecule has 0 aromatic heterocycles. The second-order valence-corrected chi connectivity index (χ2v) is 12.5. The third-order valence-electron chi connectivity index (χ3n) is 4.73. The van der Waals surface area contributed by atoms with Crippen molar-refractivity contribution in [2.45, 2.75) is 7.43 Å². The Balaban J connectivity index is 0.00000324. The van der Waals surface area contributed by atoms with Crippen molar-refractivity contribution >= 4 is 154 Å². The van der Waals surface area contributed by atoms with E-state index in [2.05, 4.69) is 0 Å². The fourth-order valence-corrected chi connectivity index (χ4v) is 7.91. The highest BCUT2D eigenvalue weighted by Gasteiger charge is 2.30. The summed E-state index contributed by atoms with van der Waals surface area (Å²) in [7, 11) is 0. The standard InChI is InChI=1S/C20H4Cl4I4O5.CH4/c21-10-8(9(20(31)32)11(22)13(24)12(10)23)7-3-1-5(25)16(29)14(27)18(3)33-19-4(7)2-6(26)17(30)15(19)28;/h1-2,29H,(H,31,32);1H4/p-2. The molecule has 5 nitrogen and oxygen atoms in total. The average Bonchev–Trinajstić information content (AvgIpc) is 2.76. The Hall–Kier alpha value is 0.480. The van der Waals surface area contributed by atoms with Crippen LogP contribution in [0.4, 0.5) is 0 Å². The van der Waals surface area contributed by atoms with Crippen molar-refractivity contribution in [2.24, 2.45) is 0 Å². The van der Waals surface area contributed by atoms with Gasteiger partial charge in [-0.2, -0.15) is 0 Å². The number of aromatic carboxylic acids is 1. The molecule has 0 saturated heterocycles. The number of benzene rings is 3. The van der Waals surface area contributed by atoms with Crippen molar-refractivity contribution in [3.8, 4) is 28.2 Å². The summed E-state index contributed by atoms with van der Waals surface area (Å²) in [5.74, 6) is -1.75.